The average molecular weight is 239 g/mol. The topological polar surface area (TPSA) is 88.2 Å². The zero-order chi connectivity index (χ0) is 11.5. The Hall–Kier alpha value is -1.89. The second kappa shape index (κ2) is 4.31. The Labute approximate surface area is 94.9 Å². The van der Waals surface area contributed by atoms with Crippen molar-refractivity contribution < 1.29 is 14.4 Å². The van der Waals surface area contributed by atoms with E-state index in [-0.39, 0.29) is 6.42 Å². The number of anilines is 2. The van der Waals surface area contributed by atoms with Crippen LogP contribution in [-0.2, 0) is 11.2 Å². The molecular weight excluding hydrogens is 230 g/mol. The van der Waals surface area contributed by atoms with Crippen molar-refractivity contribution in [3.05, 3.63) is 22.9 Å². The number of aromatic nitrogens is 2. The number of carboxylic acid groups (broad SMARTS) is 1. The fraction of sp³-hybridized carbons (Fsp3) is 0.222. The lowest BCUT2D eigenvalue weighted by molar-refractivity contribution is -0.136. The molecule has 0 spiro atoms. The summed E-state index contributed by atoms with van der Waals surface area (Å²) in [6, 6.07) is 1.73. The highest BCUT2D eigenvalue weighted by Crippen LogP contribution is 2.20. The van der Waals surface area contributed by atoms with Crippen molar-refractivity contribution in [3.8, 4) is 0 Å². The number of nitrogens with zero attached hydrogens (tertiary/aromatic N) is 2. The Morgan fingerprint density at radius 2 is 2.50 bits per heavy atom. The van der Waals surface area contributed by atoms with Crippen molar-refractivity contribution in [2.75, 3.05) is 5.32 Å². The lowest BCUT2D eigenvalue weighted by atomic mass is 10.3. The van der Waals surface area contributed by atoms with Crippen LogP contribution in [0, 0.1) is 6.92 Å². The number of hydrogen-bond donors (Lipinski definition) is 2. The van der Waals surface area contributed by atoms with Crippen LogP contribution in [0.1, 0.15) is 11.5 Å². The SMILES string of the molecule is Cc1cc(Nc2nc(CC(=O)O)cs2)no1. The fourth-order valence-electron chi connectivity index (χ4n) is 1.14. The van der Waals surface area contributed by atoms with Crippen molar-refractivity contribution >= 4 is 28.3 Å². The number of hydrogen-bond acceptors (Lipinski definition) is 6. The van der Waals surface area contributed by atoms with Gasteiger partial charge in [0, 0.05) is 11.4 Å². The second-order valence-corrected chi connectivity index (χ2v) is 4.02. The maximum atomic E-state index is 10.5. The van der Waals surface area contributed by atoms with Gasteiger partial charge in [-0.3, -0.25) is 4.79 Å². The van der Waals surface area contributed by atoms with E-state index in [1.54, 1.807) is 18.4 Å². The summed E-state index contributed by atoms with van der Waals surface area (Å²) in [4.78, 5) is 14.6. The highest BCUT2D eigenvalue weighted by atomic mass is 32.1. The minimum atomic E-state index is -0.894. The predicted octanol–water partition coefficient (Wildman–Crippen LogP) is 1.81. The number of thiazole rings is 1. The first-order valence-electron chi connectivity index (χ1n) is 4.50. The third kappa shape index (κ3) is 2.57. The number of carboxylic acids is 1. The molecule has 2 heterocycles. The molecule has 2 aromatic rings. The van der Waals surface area contributed by atoms with E-state index in [1.165, 1.54) is 11.3 Å². The number of aryl methyl sites for hydroxylation is 1. The van der Waals surface area contributed by atoms with Crippen molar-refractivity contribution in [1.82, 2.24) is 10.1 Å². The molecule has 0 bridgehead atoms. The van der Waals surface area contributed by atoms with E-state index in [0.29, 0.717) is 22.4 Å². The van der Waals surface area contributed by atoms with Crippen LogP contribution in [0.4, 0.5) is 10.9 Å². The van der Waals surface area contributed by atoms with E-state index < -0.39 is 5.97 Å². The summed E-state index contributed by atoms with van der Waals surface area (Å²) in [6.45, 7) is 1.79. The summed E-state index contributed by atoms with van der Waals surface area (Å²) in [6.07, 6.45) is -0.0734. The van der Waals surface area contributed by atoms with Gasteiger partial charge in [-0.2, -0.15) is 0 Å². The number of carbonyl (C=O) groups is 1. The molecule has 2 aromatic heterocycles. The van der Waals surface area contributed by atoms with E-state index >= 15 is 0 Å². The first-order valence-corrected chi connectivity index (χ1v) is 5.38. The van der Waals surface area contributed by atoms with Crippen LogP contribution in [0.3, 0.4) is 0 Å². The molecule has 0 aliphatic heterocycles. The first kappa shape index (κ1) is 10.6. The Kier molecular flexibility index (Phi) is 2.86. The summed E-state index contributed by atoms with van der Waals surface area (Å²) < 4.78 is 4.88. The van der Waals surface area contributed by atoms with E-state index in [1.807, 2.05) is 0 Å². The van der Waals surface area contributed by atoms with Crippen LogP contribution in [0.25, 0.3) is 0 Å². The molecule has 0 atom stereocenters. The molecule has 84 valence electrons. The number of nitrogens with one attached hydrogen (secondary N) is 1. The van der Waals surface area contributed by atoms with Crippen LogP contribution in [-0.4, -0.2) is 21.2 Å². The molecule has 0 amide bonds. The minimum Gasteiger partial charge on any atom is -0.481 e. The van der Waals surface area contributed by atoms with Crippen molar-refractivity contribution in [1.29, 1.82) is 0 Å². The molecule has 2 rings (SSSR count). The van der Waals surface area contributed by atoms with Crippen LogP contribution in [0.2, 0.25) is 0 Å². The molecule has 6 nitrogen and oxygen atoms in total. The Bertz CT molecular complexity index is 506. The molecule has 0 radical (unpaired) electrons. The van der Waals surface area contributed by atoms with E-state index in [9.17, 15) is 4.79 Å². The van der Waals surface area contributed by atoms with Crippen LogP contribution < -0.4 is 5.32 Å². The van der Waals surface area contributed by atoms with Crippen LogP contribution >= 0.6 is 11.3 Å². The Morgan fingerprint density at radius 1 is 1.69 bits per heavy atom. The van der Waals surface area contributed by atoms with E-state index in [4.69, 9.17) is 9.63 Å². The smallest absolute Gasteiger partial charge is 0.309 e. The first-order chi connectivity index (χ1) is 7.63. The molecule has 7 heteroatoms. The number of aliphatic carboxylic acids is 1. The second-order valence-electron chi connectivity index (χ2n) is 3.16. The van der Waals surface area contributed by atoms with Crippen LogP contribution in [0.15, 0.2) is 16.0 Å². The quantitative estimate of drug-likeness (QED) is 0.845. The van der Waals surface area contributed by atoms with Gasteiger partial charge < -0.3 is 14.9 Å². The number of rotatable bonds is 4. The van der Waals surface area contributed by atoms with E-state index in [2.05, 4.69) is 15.5 Å². The zero-order valence-corrected chi connectivity index (χ0v) is 9.24. The maximum absolute atomic E-state index is 10.5. The van der Waals surface area contributed by atoms with Gasteiger partial charge in [0.2, 0.25) is 0 Å². The van der Waals surface area contributed by atoms with Gasteiger partial charge in [-0.1, -0.05) is 5.16 Å². The van der Waals surface area contributed by atoms with Gasteiger partial charge in [-0.25, -0.2) is 4.98 Å². The monoisotopic (exact) mass is 239 g/mol. The minimum absolute atomic E-state index is 0.0734. The van der Waals surface area contributed by atoms with Crippen molar-refractivity contribution in [2.24, 2.45) is 0 Å². The molecule has 0 fully saturated rings. The largest absolute Gasteiger partial charge is 0.481 e. The third-order valence-electron chi connectivity index (χ3n) is 1.75. The zero-order valence-electron chi connectivity index (χ0n) is 8.43. The Balaban J connectivity index is 2.05. The molecule has 0 aliphatic carbocycles. The lowest BCUT2D eigenvalue weighted by Crippen LogP contribution is -2.00. The molecule has 0 unspecified atom stereocenters. The highest BCUT2D eigenvalue weighted by Gasteiger charge is 2.07. The van der Waals surface area contributed by atoms with Crippen molar-refractivity contribution in [2.45, 2.75) is 13.3 Å². The van der Waals surface area contributed by atoms with Gasteiger partial charge >= 0.3 is 5.97 Å². The van der Waals surface area contributed by atoms with Gasteiger partial charge in [0.05, 0.1) is 12.1 Å². The standard InChI is InChI=1S/C9H9N3O3S/c1-5-2-7(12-15-5)11-9-10-6(4-16-9)3-8(13)14/h2,4H,3H2,1H3,(H,13,14)(H,10,11,12). The summed E-state index contributed by atoms with van der Waals surface area (Å²) in [5.41, 5.74) is 0.528. The Morgan fingerprint density at radius 3 is 3.12 bits per heavy atom. The predicted molar refractivity (Wildman–Crippen MR) is 58.0 cm³/mol. The summed E-state index contributed by atoms with van der Waals surface area (Å²) >= 11 is 1.33. The fourth-order valence-corrected chi connectivity index (χ4v) is 1.85. The molecule has 0 saturated heterocycles. The molecular formula is C9H9N3O3S. The van der Waals surface area contributed by atoms with Gasteiger partial charge in [-0.05, 0) is 6.92 Å². The normalized spacial score (nSPS) is 10.3. The van der Waals surface area contributed by atoms with E-state index in [0.717, 1.165) is 0 Å². The molecule has 16 heavy (non-hydrogen) atoms. The van der Waals surface area contributed by atoms with Gasteiger partial charge in [0.25, 0.3) is 0 Å². The van der Waals surface area contributed by atoms with Gasteiger partial charge in [0.15, 0.2) is 10.9 Å². The molecule has 0 aromatic carbocycles. The molecule has 2 N–H and O–H groups in total. The third-order valence-corrected chi connectivity index (χ3v) is 2.55. The summed E-state index contributed by atoms with van der Waals surface area (Å²) in [7, 11) is 0. The van der Waals surface area contributed by atoms with Crippen molar-refractivity contribution in [3.63, 3.8) is 0 Å². The molecule has 0 aliphatic rings. The van der Waals surface area contributed by atoms with Gasteiger partial charge in [0.1, 0.15) is 5.76 Å². The summed E-state index contributed by atoms with van der Waals surface area (Å²) in [5.74, 6) is 0.368. The van der Waals surface area contributed by atoms with Crippen LogP contribution in [0.5, 0.6) is 0 Å². The average Bonchev–Trinajstić information content (AvgIpc) is 2.76. The lowest BCUT2D eigenvalue weighted by Gasteiger charge is -1.93. The highest BCUT2D eigenvalue weighted by molar-refractivity contribution is 7.13. The summed E-state index contributed by atoms with van der Waals surface area (Å²) in [5, 5.41) is 17.6. The van der Waals surface area contributed by atoms with Gasteiger partial charge in [-0.15, -0.1) is 11.3 Å². The molecule has 0 saturated carbocycles. The maximum Gasteiger partial charge on any atom is 0.309 e.